The van der Waals surface area contributed by atoms with Crippen molar-refractivity contribution in [3.8, 4) is 5.75 Å². The van der Waals surface area contributed by atoms with Crippen LogP contribution in [0.1, 0.15) is 43.0 Å². The van der Waals surface area contributed by atoms with Gasteiger partial charge in [0.2, 0.25) is 0 Å². The zero-order valence-corrected chi connectivity index (χ0v) is 17.0. The fourth-order valence-corrected chi connectivity index (χ4v) is 4.48. The van der Waals surface area contributed by atoms with Gasteiger partial charge in [-0.2, -0.15) is 0 Å². The monoisotopic (exact) mass is 398 g/mol. The van der Waals surface area contributed by atoms with Gasteiger partial charge in [0, 0.05) is 13.1 Å². The number of benzene rings is 2. The molecule has 2 heterocycles. The molecule has 1 atom stereocenters. The highest BCUT2D eigenvalue weighted by atomic mass is 19.1. The van der Waals surface area contributed by atoms with E-state index < -0.39 is 6.23 Å². The van der Waals surface area contributed by atoms with Gasteiger partial charge in [0.25, 0.3) is 0 Å². The van der Waals surface area contributed by atoms with Gasteiger partial charge in [-0.25, -0.2) is 4.39 Å². The highest BCUT2D eigenvalue weighted by Gasteiger charge is 2.30. The van der Waals surface area contributed by atoms with Crippen LogP contribution in [0.15, 0.2) is 48.5 Å². The molecule has 1 fully saturated rings. The van der Waals surface area contributed by atoms with E-state index in [9.17, 15) is 9.50 Å². The predicted octanol–water partition coefficient (Wildman–Crippen LogP) is 4.20. The molecule has 0 radical (unpaired) electrons. The first-order chi connectivity index (χ1) is 14.2. The van der Waals surface area contributed by atoms with E-state index in [-0.39, 0.29) is 5.82 Å². The number of likely N-dealkylation sites (tertiary alicyclic amines) is 1. The average Bonchev–Trinajstić information content (AvgIpc) is 3.06. The van der Waals surface area contributed by atoms with Gasteiger partial charge in [0.1, 0.15) is 17.8 Å². The van der Waals surface area contributed by atoms with Gasteiger partial charge in [-0.05, 0) is 86.6 Å². The van der Waals surface area contributed by atoms with Crippen molar-refractivity contribution in [1.29, 1.82) is 0 Å². The number of rotatable bonds is 8. The molecule has 0 spiro atoms. The summed E-state index contributed by atoms with van der Waals surface area (Å²) in [6, 6.07) is 14.4. The van der Waals surface area contributed by atoms with Crippen molar-refractivity contribution in [2.24, 2.45) is 5.92 Å². The predicted molar refractivity (Wildman–Crippen MR) is 112 cm³/mol. The number of aliphatic hydroxyl groups excluding tert-OH is 1. The Morgan fingerprint density at radius 3 is 2.52 bits per heavy atom. The summed E-state index contributed by atoms with van der Waals surface area (Å²) in [7, 11) is 0. The summed E-state index contributed by atoms with van der Waals surface area (Å²) in [5, 5.41) is 10.6. The number of fused-ring (bicyclic) bond motifs is 1. The van der Waals surface area contributed by atoms with Crippen LogP contribution in [0.2, 0.25) is 0 Å². The smallest absolute Gasteiger partial charge is 0.134 e. The van der Waals surface area contributed by atoms with Crippen LogP contribution in [0.4, 0.5) is 4.39 Å². The van der Waals surface area contributed by atoms with E-state index in [1.54, 1.807) is 12.1 Å². The lowest BCUT2D eigenvalue weighted by Crippen LogP contribution is -2.38. The van der Waals surface area contributed by atoms with E-state index in [0.29, 0.717) is 12.5 Å². The highest BCUT2D eigenvalue weighted by Crippen LogP contribution is 2.33. The SMILES string of the molecule is OC1c2ccccc2CN1CC1CCN(CCCCOc2ccc(F)cc2)CC1. The molecule has 4 rings (SSSR count). The molecule has 4 nitrogen and oxygen atoms in total. The minimum Gasteiger partial charge on any atom is -0.494 e. The second-order valence-electron chi connectivity index (χ2n) is 8.30. The third kappa shape index (κ3) is 5.35. The third-order valence-electron chi connectivity index (χ3n) is 6.20. The number of nitrogens with zero attached hydrogens (tertiary/aromatic N) is 2. The van der Waals surface area contributed by atoms with Crippen molar-refractivity contribution in [3.05, 3.63) is 65.5 Å². The standard InChI is InChI=1S/C24H31FN2O2/c25-21-7-9-22(10-8-21)29-16-4-3-13-26-14-11-19(12-15-26)17-27-18-20-5-1-2-6-23(20)24(27)28/h1-2,5-10,19,24,28H,3-4,11-18H2. The Labute approximate surface area is 172 Å². The van der Waals surface area contributed by atoms with Crippen LogP contribution in [0.5, 0.6) is 5.75 Å². The summed E-state index contributed by atoms with van der Waals surface area (Å²) in [5.41, 5.74) is 2.34. The van der Waals surface area contributed by atoms with Crippen LogP contribution in [0, 0.1) is 11.7 Å². The first-order valence-electron chi connectivity index (χ1n) is 10.8. The minimum atomic E-state index is -0.440. The Kier molecular flexibility index (Phi) is 6.80. The van der Waals surface area contributed by atoms with E-state index in [0.717, 1.165) is 56.9 Å². The number of aliphatic hydroxyl groups is 1. The molecule has 5 heteroatoms. The zero-order valence-electron chi connectivity index (χ0n) is 17.0. The summed E-state index contributed by atoms with van der Waals surface area (Å²) in [4.78, 5) is 4.77. The largest absolute Gasteiger partial charge is 0.494 e. The van der Waals surface area contributed by atoms with Crippen molar-refractivity contribution >= 4 is 0 Å². The molecule has 1 saturated heterocycles. The van der Waals surface area contributed by atoms with Gasteiger partial charge >= 0.3 is 0 Å². The summed E-state index contributed by atoms with van der Waals surface area (Å²) in [5.74, 6) is 1.17. The molecule has 0 amide bonds. The number of unbranched alkanes of at least 4 members (excludes halogenated alkanes) is 1. The third-order valence-corrected chi connectivity index (χ3v) is 6.20. The van der Waals surface area contributed by atoms with E-state index >= 15 is 0 Å². The molecule has 1 N–H and O–H groups in total. The Balaban J connectivity index is 1.10. The van der Waals surface area contributed by atoms with Crippen LogP contribution in [-0.4, -0.2) is 47.7 Å². The number of halogens is 1. The highest BCUT2D eigenvalue weighted by molar-refractivity contribution is 5.32. The normalized spacial score (nSPS) is 20.7. The molecular weight excluding hydrogens is 367 g/mol. The Bertz CT molecular complexity index is 775. The maximum Gasteiger partial charge on any atom is 0.134 e. The summed E-state index contributed by atoms with van der Waals surface area (Å²) < 4.78 is 18.5. The van der Waals surface area contributed by atoms with Gasteiger partial charge < -0.3 is 14.7 Å². The Hall–Kier alpha value is -1.95. The summed E-state index contributed by atoms with van der Waals surface area (Å²) >= 11 is 0. The van der Waals surface area contributed by atoms with Crippen molar-refractivity contribution in [2.75, 3.05) is 32.8 Å². The lowest BCUT2D eigenvalue weighted by atomic mass is 9.96. The zero-order chi connectivity index (χ0) is 20.1. The second kappa shape index (κ2) is 9.70. The summed E-state index contributed by atoms with van der Waals surface area (Å²) in [6.45, 7) is 5.91. The lowest BCUT2D eigenvalue weighted by molar-refractivity contribution is -0.00381. The van der Waals surface area contributed by atoms with Gasteiger partial charge in [-0.3, -0.25) is 4.90 Å². The number of hydrogen-bond donors (Lipinski definition) is 1. The average molecular weight is 399 g/mol. The van der Waals surface area contributed by atoms with Crippen LogP contribution >= 0.6 is 0 Å². The molecular formula is C24H31FN2O2. The topological polar surface area (TPSA) is 35.9 Å². The van der Waals surface area contributed by atoms with Gasteiger partial charge in [0.05, 0.1) is 6.61 Å². The van der Waals surface area contributed by atoms with Crippen molar-refractivity contribution in [1.82, 2.24) is 9.80 Å². The first kappa shape index (κ1) is 20.3. The molecule has 0 aliphatic carbocycles. The van der Waals surface area contributed by atoms with Gasteiger partial charge in [0.15, 0.2) is 0 Å². The van der Waals surface area contributed by atoms with Crippen molar-refractivity contribution < 1.29 is 14.2 Å². The van der Waals surface area contributed by atoms with Crippen LogP contribution < -0.4 is 4.74 Å². The Morgan fingerprint density at radius 1 is 1.00 bits per heavy atom. The minimum absolute atomic E-state index is 0.232. The first-order valence-corrected chi connectivity index (χ1v) is 10.8. The number of ether oxygens (including phenoxy) is 1. The maximum absolute atomic E-state index is 12.9. The lowest BCUT2D eigenvalue weighted by Gasteiger charge is -2.34. The fraction of sp³-hybridized carbons (Fsp3) is 0.500. The van der Waals surface area contributed by atoms with E-state index in [1.807, 2.05) is 12.1 Å². The van der Waals surface area contributed by atoms with E-state index in [1.165, 1.54) is 30.5 Å². The van der Waals surface area contributed by atoms with Crippen molar-refractivity contribution in [3.63, 3.8) is 0 Å². The van der Waals surface area contributed by atoms with Gasteiger partial charge in [-0.15, -0.1) is 0 Å². The molecule has 29 heavy (non-hydrogen) atoms. The molecule has 156 valence electrons. The van der Waals surface area contributed by atoms with Crippen LogP contribution in [-0.2, 0) is 6.54 Å². The van der Waals surface area contributed by atoms with Crippen LogP contribution in [0.3, 0.4) is 0 Å². The van der Waals surface area contributed by atoms with Gasteiger partial charge in [-0.1, -0.05) is 24.3 Å². The maximum atomic E-state index is 12.9. The quantitative estimate of drug-likeness (QED) is 0.676. The fourth-order valence-electron chi connectivity index (χ4n) is 4.48. The molecule has 0 saturated carbocycles. The van der Waals surface area contributed by atoms with Crippen molar-refractivity contribution in [2.45, 2.75) is 38.5 Å². The molecule has 0 bridgehead atoms. The summed E-state index contributed by atoms with van der Waals surface area (Å²) in [6.07, 6.45) is 4.09. The molecule has 0 aromatic heterocycles. The molecule has 2 aromatic carbocycles. The van der Waals surface area contributed by atoms with E-state index in [4.69, 9.17) is 4.74 Å². The molecule has 2 aliphatic rings. The molecule has 2 aromatic rings. The second-order valence-corrected chi connectivity index (χ2v) is 8.30. The number of hydrogen-bond acceptors (Lipinski definition) is 4. The Morgan fingerprint density at radius 2 is 1.76 bits per heavy atom. The number of piperidine rings is 1. The molecule has 2 aliphatic heterocycles. The molecule has 1 unspecified atom stereocenters. The van der Waals surface area contributed by atoms with Crippen LogP contribution in [0.25, 0.3) is 0 Å². The van der Waals surface area contributed by atoms with E-state index in [2.05, 4.69) is 21.9 Å².